The second-order valence-electron chi connectivity index (χ2n) is 8.06. The lowest BCUT2D eigenvalue weighted by atomic mass is 9.90. The number of rotatable bonds is 4. The van der Waals surface area contributed by atoms with Gasteiger partial charge in [-0.3, -0.25) is 18.4 Å². The van der Waals surface area contributed by atoms with Gasteiger partial charge >= 0.3 is 5.97 Å². The average Bonchev–Trinajstić information content (AvgIpc) is 3.44. The molecule has 7 nitrogen and oxygen atoms in total. The van der Waals surface area contributed by atoms with Crippen LogP contribution >= 0.6 is 8.45 Å². The Morgan fingerprint density at radius 3 is 2.69 bits per heavy atom. The van der Waals surface area contributed by atoms with Crippen LogP contribution in [0.4, 0.5) is 0 Å². The molecule has 0 fully saturated rings. The van der Waals surface area contributed by atoms with Gasteiger partial charge in [-0.1, -0.05) is 48.5 Å². The molecule has 2 aliphatic heterocycles. The molecule has 0 radical (unpaired) electrons. The first kappa shape index (κ1) is 19.7. The first-order valence-corrected chi connectivity index (χ1v) is 11.8. The minimum absolute atomic E-state index is 0.181. The number of fused-ring (bicyclic) bond motifs is 5. The molecular weight excluding hydrogens is 423 g/mol. The molecule has 4 aromatic rings. The Hall–Kier alpha value is -2.99. The summed E-state index contributed by atoms with van der Waals surface area (Å²) >= 11 is 0. The van der Waals surface area contributed by atoms with Crippen molar-refractivity contribution in [2.45, 2.75) is 25.0 Å². The number of imidazole rings is 1. The molecule has 2 aliphatic rings. The number of benzene rings is 2. The number of aromatic nitrogens is 3. The third kappa shape index (κ3) is 2.72. The number of methoxy groups -OCH3 is 1. The molecule has 1 unspecified atom stereocenters. The summed E-state index contributed by atoms with van der Waals surface area (Å²) < 4.78 is 15.8. The summed E-state index contributed by atoms with van der Waals surface area (Å²) in [7, 11) is 2.09. The predicted molar refractivity (Wildman–Crippen MR) is 122 cm³/mol. The van der Waals surface area contributed by atoms with Gasteiger partial charge in [0.05, 0.1) is 18.3 Å². The maximum Gasteiger partial charge on any atom is 0.323 e. The number of ether oxygens (including phenoxy) is 1. The maximum absolute atomic E-state index is 13.1. The zero-order chi connectivity index (χ0) is 21.8. The predicted octanol–water partition coefficient (Wildman–Crippen LogP) is 4.11. The first-order chi connectivity index (χ1) is 15.7. The largest absolute Gasteiger partial charge is 0.468 e. The molecule has 0 amide bonds. The van der Waals surface area contributed by atoms with Crippen LogP contribution < -0.4 is 0 Å². The fourth-order valence-corrected chi connectivity index (χ4v) is 6.99. The van der Waals surface area contributed by atoms with E-state index in [1.165, 1.54) is 18.4 Å². The van der Waals surface area contributed by atoms with Crippen molar-refractivity contribution in [1.82, 2.24) is 18.6 Å². The number of para-hydroxylation sites is 1. The van der Waals surface area contributed by atoms with Crippen LogP contribution in [0.5, 0.6) is 0 Å². The SMILES string of the molecule is COC(=O)[C@@H]1Cc2c3n(c4ccccc24)P(OC)n2ccnc2[C@H]3N1Cc1ccccc1. The molecule has 0 saturated carbocycles. The number of hydrogen-bond acceptors (Lipinski definition) is 5. The summed E-state index contributed by atoms with van der Waals surface area (Å²) in [5.74, 6) is 0.681. The van der Waals surface area contributed by atoms with Gasteiger partial charge in [-0.05, 0) is 17.2 Å². The van der Waals surface area contributed by atoms with Gasteiger partial charge in [0.25, 0.3) is 8.45 Å². The van der Waals surface area contributed by atoms with E-state index in [4.69, 9.17) is 14.2 Å². The van der Waals surface area contributed by atoms with Crippen molar-refractivity contribution < 1.29 is 14.1 Å². The van der Waals surface area contributed by atoms with Gasteiger partial charge in [-0.25, -0.2) is 4.98 Å². The second kappa shape index (κ2) is 7.55. The van der Waals surface area contributed by atoms with Crippen LogP contribution in [0.1, 0.15) is 28.7 Å². The molecule has 0 bridgehead atoms. The zero-order valence-electron chi connectivity index (χ0n) is 17.9. The van der Waals surface area contributed by atoms with E-state index in [1.807, 2.05) is 30.6 Å². The lowest BCUT2D eigenvalue weighted by Crippen LogP contribution is -2.50. The van der Waals surface area contributed by atoms with E-state index in [0.29, 0.717) is 13.0 Å². The van der Waals surface area contributed by atoms with Gasteiger partial charge in [0, 0.05) is 37.9 Å². The molecule has 32 heavy (non-hydrogen) atoms. The van der Waals surface area contributed by atoms with Gasteiger partial charge in [0.15, 0.2) is 0 Å². The van der Waals surface area contributed by atoms with E-state index >= 15 is 0 Å². The van der Waals surface area contributed by atoms with Gasteiger partial charge in [0.2, 0.25) is 0 Å². The number of esters is 1. The lowest BCUT2D eigenvalue weighted by Gasteiger charge is -2.44. The minimum atomic E-state index is -1.13. The van der Waals surface area contributed by atoms with Crippen LogP contribution in [-0.4, -0.2) is 44.8 Å². The van der Waals surface area contributed by atoms with Crippen LogP contribution in [0.25, 0.3) is 10.9 Å². The monoisotopic (exact) mass is 446 g/mol. The number of carbonyl (C=O) groups excluding carboxylic acids is 1. The van der Waals surface area contributed by atoms with Crippen molar-refractivity contribution in [3.05, 3.63) is 89.6 Å². The zero-order valence-corrected chi connectivity index (χ0v) is 18.8. The van der Waals surface area contributed by atoms with Crippen molar-refractivity contribution in [2.75, 3.05) is 14.2 Å². The van der Waals surface area contributed by atoms with E-state index < -0.39 is 14.5 Å². The number of nitrogens with zero attached hydrogens (tertiary/aromatic N) is 4. The Labute approximate surface area is 187 Å². The van der Waals surface area contributed by atoms with E-state index in [2.05, 4.69) is 50.0 Å². The van der Waals surface area contributed by atoms with E-state index in [-0.39, 0.29) is 12.0 Å². The summed E-state index contributed by atoms with van der Waals surface area (Å²) in [5, 5.41) is 1.16. The van der Waals surface area contributed by atoms with Crippen LogP contribution in [0.15, 0.2) is 67.0 Å². The molecule has 8 heteroatoms. The van der Waals surface area contributed by atoms with Crippen molar-refractivity contribution in [3.63, 3.8) is 0 Å². The lowest BCUT2D eigenvalue weighted by molar-refractivity contribution is -0.148. The Morgan fingerprint density at radius 2 is 1.91 bits per heavy atom. The van der Waals surface area contributed by atoms with Crippen LogP contribution in [0.2, 0.25) is 0 Å². The molecule has 162 valence electrons. The highest BCUT2D eigenvalue weighted by atomic mass is 31.2. The van der Waals surface area contributed by atoms with Crippen molar-refractivity contribution in [3.8, 4) is 0 Å². The number of carbonyl (C=O) groups is 1. The molecule has 2 aromatic heterocycles. The molecular formula is C24H23N4O3P. The molecule has 0 aliphatic carbocycles. The third-order valence-corrected chi connectivity index (χ3v) is 8.28. The van der Waals surface area contributed by atoms with Gasteiger partial charge < -0.3 is 9.26 Å². The highest BCUT2D eigenvalue weighted by molar-refractivity contribution is 7.49. The quantitative estimate of drug-likeness (QED) is 0.349. The van der Waals surface area contributed by atoms with Crippen molar-refractivity contribution in [2.24, 2.45) is 0 Å². The summed E-state index contributed by atoms with van der Waals surface area (Å²) in [5.41, 5.74) is 4.63. The molecule has 0 saturated heterocycles. The highest BCUT2D eigenvalue weighted by Gasteiger charge is 2.48. The summed E-state index contributed by atoms with van der Waals surface area (Å²) in [6.45, 7) is 0.615. The van der Waals surface area contributed by atoms with Gasteiger partial charge in [-0.15, -0.1) is 0 Å². The molecule has 0 N–H and O–H groups in total. The minimum Gasteiger partial charge on any atom is -0.468 e. The van der Waals surface area contributed by atoms with E-state index in [9.17, 15) is 4.79 Å². The molecule has 6 rings (SSSR count). The average molecular weight is 446 g/mol. The van der Waals surface area contributed by atoms with Crippen LogP contribution in [0.3, 0.4) is 0 Å². The van der Waals surface area contributed by atoms with Gasteiger partial charge in [0.1, 0.15) is 17.9 Å². The topological polar surface area (TPSA) is 61.5 Å². The van der Waals surface area contributed by atoms with Crippen molar-refractivity contribution >= 4 is 25.3 Å². The summed E-state index contributed by atoms with van der Waals surface area (Å²) in [6.07, 6.45) is 4.39. The summed E-state index contributed by atoms with van der Waals surface area (Å²) in [6, 6.07) is 18.0. The molecule has 3 atom stereocenters. The highest BCUT2D eigenvalue weighted by Crippen LogP contribution is 2.56. The number of hydrogen-bond donors (Lipinski definition) is 0. The smallest absolute Gasteiger partial charge is 0.323 e. The summed E-state index contributed by atoms with van der Waals surface area (Å²) in [4.78, 5) is 20.0. The van der Waals surface area contributed by atoms with Crippen LogP contribution in [-0.2, 0) is 27.0 Å². The Bertz CT molecular complexity index is 1320. The van der Waals surface area contributed by atoms with Crippen molar-refractivity contribution in [1.29, 1.82) is 0 Å². The normalized spacial score (nSPS) is 21.9. The maximum atomic E-state index is 13.1. The van der Waals surface area contributed by atoms with Crippen LogP contribution in [0, 0.1) is 0 Å². The standard InChI is InChI=1S/C24H23N4O3P/c1-30-24(29)20-14-18-17-10-6-7-11-19(17)28-21(18)22(23-25-12-13-27(23)32(28)31-2)26(20)15-16-8-4-3-5-9-16/h3-13,20,22H,14-15H2,1-2H3/t20-,22-,32?/m0/s1. The molecule has 0 spiro atoms. The Kier molecular flexibility index (Phi) is 4.65. The first-order valence-electron chi connectivity index (χ1n) is 10.6. The van der Waals surface area contributed by atoms with E-state index in [0.717, 1.165) is 22.3 Å². The van der Waals surface area contributed by atoms with E-state index in [1.54, 1.807) is 7.11 Å². The second-order valence-corrected chi connectivity index (χ2v) is 9.76. The third-order valence-electron chi connectivity index (χ3n) is 6.48. The molecule has 2 aromatic carbocycles. The fraction of sp³-hybridized carbons (Fsp3) is 0.250. The fourth-order valence-electron chi connectivity index (χ4n) is 5.17. The molecule has 4 heterocycles. The Balaban J connectivity index is 1.63. The Morgan fingerprint density at radius 1 is 1.12 bits per heavy atom. The van der Waals surface area contributed by atoms with Gasteiger partial charge in [-0.2, -0.15) is 0 Å².